The van der Waals surface area contributed by atoms with Crippen molar-refractivity contribution in [2.24, 2.45) is 0 Å². The summed E-state index contributed by atoms with van der Waals surface area (Å²) >= 11 is 3.55. The fourth-order valence-corrected chi connectivity index (χ4v) is 3.03. The molecule has 2 aliphatic rings. The first-order valence-electron chi connectivity index (χ1n) is 5.53. The van der Waals surface area contributed by atoms with E-state index in [1.54, 1.807) is 0 Å². The second-order valence-corrected chi connectivity index (χ2v) is 5.00. The number of hydrogen-bond acceptors (Lipinski definition) is 3. The van der Waals surface area contributed by atoms with Crippen molar-refractivity contribution in [2.75, 3.05) is 13.1 Å². The molecule has 1 saturated heterocycles. The Hall–Kier alpha value is -0.390. The zero-order valence-corrected chi connectivity index (χ0v) is 10.2. The lowest BCUT2D eigenvalue weighted by molar-refractivity contribution is 0.334. The van der Waals surface area contributed by atoms with E-state index < -0.39 is 0 Å². The molecule has 4 nitrogen and oxygen atoms in total. The molecule has 0 saturated carbocycles. The number of nitrogens with zero attached hydrogens (tertiary/aromatic N) is 2. The summed E-state index contributed by atoms with van der Waals surface area (Å²) in [5.41, 5.74) is 2.74. The number of fused-ring (bicyclic) bond motifs is 1. The van der Waals surface area contributed by atoms with Gasteiger partial charge in [0, 0.05) is 18.7 Å². The molecule has 0 unspecified atom stereocenters. The lowest BCUT2D eigenvalue weighted by Gasteiger charge is -2.24. The lowest BCUT2D eigenvalue weighted by atomic mass is 10.1. The van der Waals surface area contributed by atoms with Crippen molar-refractivity contribution in [3.8, 4) is 0 Å². The van der Waals surface area contributed by atoms with E-state index in [0.29, 0.717) is 6.04 Å². The van der Waals surface area contributed by atoms with Crippen LogP contribution in [0.3, 0.4) is 0 Å². The van der Waals surface area contributed by atoms with Gasteiger partial charge in [-0.2, -0.15) is 5.10 Å². The smallest absolute Gasteiger partial charge is 0.132 e. The molecule has 2 aliphatic heterocycles. The summed E-state index contributed by atoms with van der Waals surface area (Å²) in [6.45, 7) is 4.16. The Labute approximate surface area is 97.5 Å². The van der Waals surface area contributed by atoms with Gasteiger partial charge in [0.1, 0.15) is 4.60 Å². The third-order valence-electron chi connectivity index (χ3n) is 3.32. The molecule has 1 aromatic rings. The molecule has 1 aromatic heterocycles. The topological polar surface area (TPSA) is 41.9 Å². The van der Waals surface area contributed by atoms with Crippen LogP contribution in [0.1, 0.15) is 30.1 Å². The highest BCUT2D eigenvalue weighted by atomic mass is 79.9. The zero-order valence-electron chi connectivity index (χ0n) is 8.59. The second-order valence-electron chi connectivity index (χ2n) is 4.25. The molecule has 0 spiro atoms. The quantitative estimate of drug-likeness (QED) is 0.805. The Morgan fingerprint density at radius 2 is 2.00 bits per heavy atom. The Balaban J connectivity index is 1.93. The summed E-state index contributed by atoms with van der Waals surface area (Å²) in [5.74, 6) is 0. The third-order valence-corrected chi connectivity index (χ3v) is 3.96. The van der Waals surface area contributed by atoms with E-state index in [-0.39, 0.29) is 0 Å². The number of piperidine rings is 1. The Kier molecular flexibility index (Phi) is 2.54. The maximum absolute atomic E-state index is 4.62. The molecular formula is C10H15BrN4. The monoisotopic (exact) mass is 270 g/mol. The van der Waals surface area contributed by atoms with E-state index in [4.69, 9.17) is 0 Å². The van der Waals surface area contributed by atoms with Gasteiger partial charge in [0.05, 0.1) is 11.7 Å². The van der Waals surface area contributed by atoms with Crippen LogP contribution in [0.25, 0.3) is 0 Å². The molecule has 5 heteroatoms. The minimum absolute atomic E-state index is 0.589. The van der Waals surface area contributed by atoms with Crippen LogP contribution in [0.5, 0.6) is 0 Å². The third kappa shape index (κ3) is 1.62. The van der Waals surface area contributed by atoms with Crippen molar-refractivity contribution in [2.45, 2.75) is 32.0 Å². The highest BCUT2D eigenvalue weighted by Gasteiger charge is 2.25. The summed E-state index contributed by atoms with van der Waals surface area (Å²) in [4.78, 5) is 0. The standard InChI is InChI=1S/C10H15BrN4/c11-10-8-5-13-6-9(8)15(14-10)7-1-3-12-4-2-7/h7,12-13H,1-6H2. The molecule has 0 radical (unpaired) electrons. The first kappa shape index (κ1) is 9.81. The van der Waals surface area contributed by atoms with Gasteiger partial charge >= 0.3 is 0 Å². The van der Waals surface area contributed by atoms with E-state index in [0.717, 1.165) is 30.8 Å². The molecular weight excluding hydrogens is 256 g/mol. The van der Waals surface area contributed by atoms with E-state index >= 15 is 0 Å². The largest absolute Gasteiger partial charge is 0.317 e. The van der Waals surface area contributed by atoms with Gasteiger partial charge < -0.3 is 10.6 Å². The fourth-order valence-electron chi connectivity index (χ4n) is 2.49. The zero-order chi connectivity index (χ0) is 10.3. The predicted octanol–water partition coefficient (Wildman–Crippen LogP) is 1.17. The fraction of sp³-hybridized carbons (Fsp3) is 0.700. The van der Waals surface area contributed by atoms with Crippen molar-refractivity contribution in [3.05, 3.63) is 15.9 Å². The van der Waals surface area contributed by atoms with Crippen molar-refractivity contribution in [3.63, 3.8) is 0 Å². The van der Waals surface area contributed by atoms with Crippen LogP contribution in [-0.4, -0.2) is 22.9 Å². The Morgan fingerprint density at radius 1 is 1.20 bits per heavy atom. The lowest BCUT2D eigenvalue weighted by Crippen LogP contribution is -2.30. The van der Waals surface area contributed by atoms with Gasteiger partial charge in [-0.1, -0.05) is 0 Å². The molecule has 82 valence electrons. The van der Waals surface area contributed by atoms with E-state index in [1.807, 2.05) is 0 Å². The number of aromatic nitrogens is 2. The SMILES string of the molecule is Brc1nn(C2CCNCC2)c2c1CNC2. The number of nitrogens with one attached hydrogen (secondary N) is 2. The summed E-state index contributed by atoms with van der Waals surface area (Å²) in [5, 5.41) is 11.4. The van der Waals surface area contributed by atoms with Crippen molar-refractivity contribution in [1.82, 2.24) is 20.4 Å². The van der Waals surface area contributed by atoms with Crippen LogP contribution in [0.15, 0.2) is 4.60 Å². The molecule has 0 bridgehead atoms. The molecule has 15 heavy (non-hydrogen) atoms. The molecule has 1 fully saturated rings. The molecule has 0 aromatic carbocycles. The summed E-state index contributed by atoms with van der Waals surface area (Å²) in [7, 11) is 0. The number of hydrogen-bond donors (Lipinski definition) is 2. The molecule has 2 N–H and O–H groups in total. The van der Waals surface area contributed by atoms with Gasteiger partial charge in [-0.15, -0.1) is 0 Å². The highest BCUT2D eigenvalue weighted by molar-refractivity contribution is 9.10. The minimum atomic E-state index is 0.589. The van der Waals surface area contributed by atoms with Crippen molar-refractivity contribution < 1.29 is 0 Å². The summed E-state index contributed by atoms with van der Waals surface area (Å²) in [6, 6.07) is 0.589. The van der Waals surface area contributed by atoms with Gasteiger partial charge in [0.2, 0.25) is 0 Å². The molecule has 0 amide bonds. The van der Waals surface area contributed by atoms with Gasteiger partial charge in [0.15, 0.2) is 0 Å². The maximum Gasteiger partial charge on any atom is 0.132 e. The van der Waals surface area contributed by atoms with Crippen LogP contribution in [0.4, 0.5) is 0 Å². The normalized spacial score (nSPS) is 21.9. The van der Waals surface area contributed by atoms with Crippen LogP contribution in [0.2, 0.25) is 0 Å². The van der Waals surface area contributed by atoms with Gasteiger partial charge in [0.25, 0.3) is 0 Å². The first-order valence-corrected chi connectivity index (χ1v) is 6.33. The average Bonchev–Trinajstić information content (AvgIpc) is 2.84. The first-order chi connectivity index (χ1) is 7.36. The maximum atomic E-state index is 4.62. The van der Waals surface area contributed by atoms with Gasteiger partial charge in [-0.05, 0) is 41.9 Å². The summed E-state index contributed by atoms with van der Waals surface area (Å²) in [6.07, 6.45) is 2.39. The summed E-state index contributed by atoms with van der Waals surface area (Å²) < 4.78 is 3.27. The predicted molar refractivity (Wildman–Crippen MR) is 61.6 cm³/mol. The molecule has 0 atom stereocenters. The van der Waals surface area contributed by atoms with Crippen LogP contribution >= 0.6 is 15.9 Å². The Bertz CT molecular complexity index is 368. The van der Waals surface area contributed by atoms with E-state index in [2.05, 4.69) is 36.3 Å². The van der Waals surface area contributed by atoms with Crippen LogP contribution in [-0.2, 0) is 13.1 Å². The minimum Gasteiger partial charge on any atom is -0.317 e. The van der Waals surface area contributed by atoms with Crippen molar-refractivity contribution >= 4 is 15.9 Å². The average molecular weight is 271 g/mol. The van der Waals surface area contributed by atoms with E-state index in [9.17, 15) is 0 Å². The second kappa shape index (κ2) is 3.88. The molecule has 3 heterocycles. The Morgan fingerprint density at radius 3 is 2.80 bits per heavy atom. The van der Waals surface area contributed by atoms with Gasteiger partial charge in [-0.25, -0.2) is 0 Å². The van der Waals surface area contributed by atoms with E-state index in [1.165, 1.54) is 24.1 Å². The highest BCUT2D eigenvalue weighted by Crippen LogP contribution is 2.29. The van der Waals surface area contributed by atoms with Gasteiger partial charge in [-0.3, -0.25) is 4.68 Å². The van der Waals surface area contributed by atoms with Crippen molar-refractivity contribution in [1.29, 1.82) is 0 Å². The molecule has 3 rings (SSSR count). The number of halogens is 1. The molecule has 0 aliphatic carbocycles. The van der Waals surface area contributed by atoms with Crippen LogP contribution < -0.4 is 10.6 Å². The van der Waals surface area contributed by atoms with Crippen LogP contribution in [0, 0.1) is 0 Å². The number of rotatable bonds is 1.